The fourth-order valence-corrected chi connectivity index (χ4v) is 2.26. The van der Waals surface area contributed by atoms with E-state index in [1.54, 1.807) is 12.1 Å². The highest BCUT2D eigenvalue weighted by molar-refractivity contribution is 5.16. The lowest BCUT2D eigenvalue weighted by Crippen LogP contribution is -2.35. The van der Waals surface area contributed by atoms with Crippen LogP contribution in [0.1, 0.15) is 31.2 Å². The van der Waals surface area contributed by atoms with Gasteiger partial charge in [0.25, 0.3) is 0 Å². The van der Waals surface area contributed by atoms with Crippen molar-refractivity contribution in [2.24, 2.45) is 0 Å². The van der Waals surface area contributed by atoms with E-state index in [2.05, 4.69) is 5.32 Å². The second-order valence-corrected chi connectivity index (χ2v) is 4.53. The van der Waals surface area contributed by atoms with Gasteiger partial charge in [-0.15, -0.1) is 0 Å². The van der Waals surface area contributed by atoms with Gasteiger partial charge in [0.05, 0.1) is 6.10 Å². The third-order valence-electron chi connectivity index (χ3n) is 3.13. The van der Waals surface area contributed by atoms with Crippen LogP contribution in [0.25, 0.3) is 0 Å². The Hall–Kier alpha value is -0.930. The van der Waals surface area contributed by atoms with Crippen LogP contribution in [0, 0.1) is 5.82 Å². The van der Waals surface area contributed by atoms with Gasteiger partial charge in [-0.3, -0.25) is 0 Å². The van der Waals surface area contributed by atoms with Crippen LogP contribution in [0.15, 0.2) is 24.3 Å². The third kappa shape index (κ3) is 3.29. The molecule has 0 aromatic heterocycles. The van der Waals surface area contributed by atoms with E-state index in [9.17, 15) is 9.50 Å². The predicted octanol–water partition coefficient (Wildman–Crippen LogP) is 2.22. The molecule has 1 aromatic rings. The van der Waals surface area contributed by atoms with Crippen molar-refractivity contribution in [1.82, 2.24) is 5.32 Å². The molecule has 0 heterocycles. The van der Waals surface area contributed by atoms with Crippen molar-refractivity contribution in [2.45, 2.75) is 44.4 Å². The maximum Gasteiger partial charge on any atom is 0.123 e. The summed E-state index contributed by atoms with van der Waals surface area (Å²) in [6.45, 7) is 0.676. The second-order valence-electron chi connectivity index (χ2n) is 4.53. The molecule has 1 aromatic carbocycles. The molecule has 0 spiro atoms. The monoisotopic (exact) mass is 223 g/mol. The normalized spacial score (nSPS) is 25.6. The van der Waals surface area contributed by atoms with Gasteiger partial charge in [0.2, 0.25) is 0 Å². The number of nitrogens with one attached hydrogen (secondary N) is 1. The molecule has 0 amide bonds. The zero-order chi connectivity index (χ0) is 11.4. The van der Waals surface area contributed by atoms with Crippen LogP contribution >= 0.6 is 0 Å². The summed E-state index contributed by atoms with van der Waals surface area (Å²) in [6, 6.07) is 7.00. The summed E-state index contributed by atoms with van der Waals surface area (Å²) in [6.07, 6.45) is 3.74. The number of hydrogen-bond donors (Lipinski definition) is 2. The highest BCUT2D eigenvalue weighted by atomic mass is 19.1. The van der Waals surface area contributed by atoms with Gasteiger partial charge in [0.1, 0.15) is 5.82 Å². The van der Waals surface area contributed by atoms with Gasteiger partial charge in [-0.05, 0) is 43.4 Å². The van der Waals surface area contributed by atoms with E-state index >= 15 is 0 Å². The molecule has 2 unspecified atom stereocenters. The van der Waals surface area contributed by atoms with Crippen molar-refractivity contribution in [3.63, 3.8) is 0 Å². The molecular weight excluding hydrogens is 205 g/mol. The zero-order valence-corrected chi connectivity index (χ0v) is 9.32. The molecule has 3 heteroatoms. The fraction of sp³-hybridized carbons (Fsp3) is 0.538. The molecule has 2 N–H and O–H groups in total. The standard InChI is InChI=1S/C13H18FNO/c14-11-4-1-3-10(7-11)9-15-12-5-2-6-13(16)8-12/h1,3-4,7,12-13,15-16H,2,5-6,8-9H2. The van der Waals surface area contributed by atoms with Crippen LogP contribution in [-0.2, 0) is 6.54 Å². The molecule has 1 fully saturated rings. The third-order valence-corrected chi connectivity index (χ3v) is 3.13. The maximum absolute atomic E-state index is 12.9. The highest BCUT2D eigenvalue weighted by Crippen LogP contribution is 2.18. The lowest BCUT2D eigenvalue weighted by Gasteiger charge is -2.26. The molecule has 0 saturated heterocycles. The van der Waals surface area contributed by atoms with Crippen molar-refractivity contribution >= 4 is 0 Å². The second kappa shape index (κ2) is 5.41. The number of rotatable bonds is 3. The smallest absolute Gasteiger partial charge is 0.123 e. The Morgan fingerprint density at radius 2 is 2.25 bits per heavy atom. The number of hydrogen-bond acceptors (Lipinski definition) is 2. The summed E-state index contributed by atoms with van der Waals surface area (Å²) in [4.78, 5) is 0. The van der Waals surface area contributed by atoms with Crippen LogP contribution in [0.4, 0.5) is 4.39 Å². The Balaban J connectivity index is 1.82. The molecule has 0 radical (unpaired) electrons. The highest BCUT2D eigenvalue weighted by Gasteiger charge is 2.19. The number of aliphatic hydroxyl groups excluding tert-OH is 1. The van der Waals surface area contributed by atoms with Gasteiger partial charge in [0.15, 0.2) is 0 Å². The molecule has 2 atom stereocenters. The topological polar surface area (TPSA) is 32.3 Å². The SMILES string of the molecule is OC1CCCC(NCc2cccc(F)c2)C1. The molecule has 2 rings (SSSR count). The first-order chi connectivity index (χ1) is 7.74. The zero-order valence-electron chi connectivity index (χ0n) is 9.32. The molecule has 16 heavy (non-hydrogen) atoms. The number of benzene rings is 1. The summed E-state index contributed by atoms with van der Waals surface area (Å²) in [5, 5.41) is 12.9. The van der Waals surface area contributed by atoms with Crippen molar-refractivity contribution < 1.29 is 9.50 Å². The van der Waals surface area contributed by atoms with Crippen LogP contribution in [-0.4, -0.2) is 17.3 Å². The van der Waals surface area contributed by atoms with Crippen LogP contribution in [0.2, 0.25) is 0 Å². The summed E-state index contributed by atoms with van der Waals surface area (Å²) in [5.74, 6) is -0.192. The Morgan fingerprint density at radius 1 is 1.38 bits per heavy atom. The summed E-state index contributed by atoms with van der Waals surface area (Å²) in [5.41, 5.74) is 0.958. The Kier molecular flexibility index (Phi) is 3.91. The lowest BCUT2D eigenvalue weighted by atomic mass is 9.93. The summed E-state index contributed by atoms with van der Waals surface area (Å²) in [7, 11) is 0. The fourth-order valence-electron chi connectivity index (χ4n) is 2.26. The van der Waals surface area contributed by atoms with Crippen LogP contribution in [0.3, 0.4) is 0 Å². The van der Waals surface area contributed by atoms with Crippen LogP contribution in [0.5, 0.6) is 0 Å². The first-order valence-corrected chi connectivity index (χ1v) is 5.90. The molecular formula is C13H18FNO. The minimum atomic E-state index is -0.192. The molecule has 2 nitrogen and oxygen atoms in total. The minimum absolute atomic E-state index is 0.168. The van der Waals surface area contributed by atoms with E-state index in [0.29, 0.717) is 12.6 Å². The van der Waals surface area contributed by atoms with Crippen molar-refractivity contribution in [2.75, 3.05) is 0 Å². The van der Waals surface area contributed by atoms with Gasteiger partial charge in [-0.1, -0.05) is 12.1 Å². The Labute approximate surface area is 95.5 Å². The predicted molar refractivity (Wildman–Crippen MR) is 61.5 cm³/mol. The van der Waals surface area contributed by atoms with Gasteiger partial charge < -0.3 is 10.4 Å². The van der Waals surface area contributed by atoms with E-state index in [1.165, 1.54) is 6.07 Å². The van der Waals surface area contributed by atoms with Gasteiger partial charge in [-0.2, -0.15) is 0 Å². The first-order valence-electron chi connectivity index (χ1n) is 5.90. The quantitative estimate of drug-likeness (QED) is 0.823. The average molecular weight is 223 g/mol. The van der Waals surface area contributed by atoms with E-state index in [-0.39, 0.29) is 11.9 Å². The first kappa shape index (κ1) is 11.6. The van der Waals surface area contributed by atoms with Crippen molar-refractivity contribution in [3.05, 3.63) is 35.6 Å². The number of aliphatic hydroxyl groups is 1. The van der Waals surface area contributed by atoms with E-state index in [1.807, 2.05) is 6.07 Å². The molecule has 0 bridgehead atoms. The largest absolute Gasteiger partial charge is 0.393 e. The molecule has 1 aliphatic carbocycles. The van der Waals surface area contributed by atoms with Gasteiger partial charge in [0, 0.05) is 12.6 Å². The number of halogens is 1. The molecule has 0 aliphatic heterocycles. The molecule has 88 valence electrons. The Bertz CT molecular complexity index is 342. The average Bonchev–Trinajstić information content (AvgIpc) is 2.27. The lowest BCUT2D eigenvalue weighted by molar-refractivity contribution is 0.111. The van der Waals surface area contributed by atoms with Gasteiger partial charge >= 0.3 is 0 Å². The van der Waals surface area contributed by atoms with Gasteiger partial charge in [-0.25, -0.2) is 4.39 Å². The van der Waals surface area contributed by atoms with E-state index in [4.69, 9.17) is 0 Å². The summed E-state index contributed by atoms with van der Waals surface area (Å²) < 4.78 is 12.9. The van der Waals surface area contributed by atoms with Crippen LogP contribution < -0.4 is 5.32 Å². The summed E-state index contributed by atoms with van der Waals surface area (Å²) >= 11 is 0. The maximum atomic E-state index is 12.9. The van der Waals surface area contributed by atoms with E-state index in [0.717, 1.165) is 31.2 Å². The minimum Gasteiger partial charge on any atom is -0.393 e. The van der Waals surface area contributed by atoms with E-state index < -0.39 is 0 Å². The molecule has 1 aliphatic rings. The molecule has 1 saturated carbocycles. The van der Waals surface area contributed by atoms with Crippen molar-refractivity contribution in [3.8, 4) is 0 Å². The Morgan fingerprint density at radius 3 is 3.00 bits per heavy atom. The van der Waals surface area contributed by atoms with Crippen molar-refractivity contribution in [1.29, 1.82) is 0 Å².